The molecule has 5 rings (SSSR count). The van der Waals surface area contributed by atoms with Crippen molar-refractivity contribution in [1.82, 2.24) is 0 Å². The maximum absolute atomic E-state index is 13.2. The molecule has 0 saturated heterocycles. The monoisotopic (exact) mass is 571 g/mol. The topological polar surface area (TPSA) is 135 Å². The third-order valence-corrected chi connectivity index (χ3v) is 11.7. The van der Waals surface area contributed by atoms with Crippen LogP contribution in [0.15, 0.2) is 35.6 Å². The molecule has 226 valence electrons. The summed E-state index contributed by atoms with van der Waals surface area (Å²) in [4.78, 5) is 25.4. The maximum Gasteiger partial charge on any atom is 0.376 e. The van der Waals surface area contributed by atoms with Gasteiger partial charge in [0, 0.05) is 31.2 Å². The van der Waals surface area contributed by atoms with Crippen molar-refractivity contribution in [1.29, 1.82) is 0 Å². The van der Waals surface area contributed by atoms with Crippen LogP contribution in [0.1, 0.15) is 70.2 Å². The van der Waals surface area contributed by atoms with Gasteiger partial charge in [-0.25, -0.2) is 9.59 Å². The highest BCUT2D eigenvalue weighted by molar-refractivity contribution is 5.95. The summed E-state index contributed by atoms with van der Waals surface area (Å²) < 4.78 is 17.0. The van der Waals surface area contributed by atoms with Gasteiger partial charge < -0.3 is 34.8 Å². The first-order valence-electron chi connectivity index (χ1n) is 14.8. The first kappa shape index (κ1) is 29.9. The molecule has 9 nitrogen and oxygen atoms in total. The molecule has 1 aliphatic heterocycles. The Morgan fingerprint density at radius 2 is 1.78 bits per heavy atom. The van der Waals surface area contributed by atoms with Crippen LogP contribution in [0.5, 0.6) is 0 Å². The molecular formula is C32H45NO8. The molecule has 9 heteroatoms. The fraction of sp³-hybridized carbons (Fsp3) is 0.688. The van der Waals surface area contributed by atoms with Gasteiger partial charge in [0.1, 0.15) is 0 Å². The molecule has 0 aromatic heterocycles. The van der Waals surface area contributed by atoms with Gasteiger partial charge >= 0.3 is 11.9 Å². The van der Waals surface area contributed by atoms with Crippen molar-refractivity contribution >= 4 is 17.6 Å². The van der Waals surface area contributed by atoms with Crippen LogP contribution in [0.25, 0.3) is 0 Å². The van der Waals surface area contributed by atoms with E-state index in [9.17, 15) is 24.9 Å². The molecule has 3 saturated carbocycles. The lowest BCUT2D eigenvalue weighted by Crippen LogP contribution is -2.65. The number of benzene rings is 1. The minimum absolute atomic E-state index is 0.0460. The molecule has 1 aromatic carbocycles. The molecule has 0 amide bonds. The number of para-hydroxylation sites is 1. The molecule has 3 aliphatic carbocycles. The van der Waals surface area contributed by atoms with Crippen molar-refractivity contribution < 1.29 is 39.1 Å². The smallest absolute Gasteiger partial charge is 0.376 e. The van der Waals surface area contributed by atoms with Crippen molar-refractivity contribution in [2.24, 2.45) is 39.9 Å². The van der Waals surface area contributed by atoms with Crippen LogP contribution in [0, 0.1) is 39.9 Å². The van der Waals surface area contributed by atoms with Crippen molar-refractivity contribution in [2.75, 3.05) is 26.1 Å². The van der Waals surface area contributed by atoms with Gasteiger partial charge in [0.05, 0.1) is 30.0 Å². The Kier molecular flexibility index (Phi) is 7.71. The van der Waals surface area contributed by atoms with Gasteiger partial charge in [0.15, 0.2) is 0 Å². The van der Waals surface area contributed by atoms with Gasteiger partial charge in [-0.2, -0.15) is 0 Å². The van der Waals surface area contributed by atoms with Crippen molar-refractivity contribution in [3.05, 3.63) is 41.2 Å². The lowest BCUT2D eigenvalue weighted by atomic mass is 9.37. The van der Waals surface area contributed by atoms with Gasteiger partial charge in [0.2, 0.25) is 12.0 Å². The predicted octanol–water partition coefficient (Wildman–Crippen LogP) is 4.44. The summed E-state index contributed by atoms with van der Waals surface area (Å²) in [6, 6.07) is 7.21. The number of aliphatic hydroxyl groups is 3. The number of ether oxygens (including phenoxy) is 3. The minimum atomic E-state index is -1.48. The van der Waals surface area contributed by atoms with E-state index in [4.69, 9.17) is 14.2 Å². The lowest BCUT2D eigenvalue weighted by Gasteiger charge is -2.68. The van der Waals surface area contributed by atoms with E-state index in [1.165, 1.54) is 0 Å². The Balaban J connectivity index is 1.49. The van der Waals surface area contributed by atoms with E-state index in [1.54, 1.807) is 26.3 Å². The molecule has 3 fully saturated rings. The van der Waals surface area contributed by atoms with Crippen LogP contribution in [0.3, 0.4) is 0 Å². The standard InChI is InChI=1S/C32H45NO8/c1-17-20(39-6)15-22-30(2)14-12-23(34)32(4,16-40-27(36)18-9-7-8-10-19(18)33-5)21(30)11-13-31(22,3)25(17)24-26(35)29(38)41-28(24)37/h7-10,17,20-23,25,28,33-35,37H,11-16H2,1-6H3/t17-,20+,21-,22-,23+,25-,28?,30+,31+,32+/m1/s1. The summed E-state index contributed by atoms with van der Waals surface area (Å²) in [6.07, 6.45) is 1.36. The number of carbonyl (C=O) groups excluding carboxylic acids is 2. The molecule has 4 N–H and O–H groups in total. The molecule has 1 aromatic rings. The molecule has 10 atom stereocenters. The van der Waals surface area contributed by atoms with E-state index in [0.29, 0.717) is 17.7 Å². The Morgan fingerprint density at radius 1 is 1.10 bits per heavy atom. The van der Waals surface area contributed by atoms with Crippen LogP contribution in [0.4, 0.5) is 5.69 Å². The van der Waals surface area contributed by atoms with E-state index in [2.05, 4.69) is 26.1 Å². The quantitative estimate of drug-likeness (QED) is 0.366. The molecule has 1 unspecified atom stereocenters. The van der Waals surface area contributed by atoms with Gasteiger partial charge in [-0.15, -0.1) is 0 Å². The fourth-order valence-electron chi connectivity index (χ4n) is 9.65. The molecule has 1 heterocycles. The van der Waals surface area contributed by atoms with E-state index >= 15 is 0 Å². The third kappa shape index (κ3) is 4.46. The average Bonchev–Trinajstić information content (AvgIpc) is 3.19. The zero-order valence-corrected chi connectivity index (χ0v) is 25.0. The molecule has 0 bridgehead atoms. The van der Waals surface area contributed by atoms with Crippen molar-refractivity contribution in [3.63, 3.8) is 0 Å². The Hall–Kier alpha value is -2.62. The lowest BCUT2D eigenvalue weighted by molar-refractivity contribution is -0.226. The van der Waals surface area contributed by atoms with Crippen LogP contribution >= 0.6 is 0 Å². The minimum Gasteiger partial charge on any atom is -0.502 e. The largest absolute Gasteiger partial charge is 0.502 e. The first-order chi connectivity index (χ1) is 19.3. The Bertz CT molecular complexity index is 1230. The number of esters is 2. The SMILES string of the molecule is CNc1ccccc1C(=O)OC[C@@]1(C)[C@@H]2CC[C@@]3(C)[C@H](C[C@H](OC)[C@@H](C)[C@@H]3C3=C(O)C(=O)OC3O)[C@@]2(C)CC[C@@H]1O. The van der Waals surface area contributed by atoms with E-state index in [1.807, 2.05) is 19.1 Å². The summed E-state index contributed by atoms with van der Waals surface area (Å²) in [7, 11) is 3.44. The van der Waals surface area contributed by atoms with E-state index in [-0.39, 0.29) is 52.8 Å². The average molecular weight is 572 g/mol. The number of hydrogen-bond acceptors (Lipinski definition) is 9. The number of methoxy groups -OCH3 is 1. The third-order valence-electron chi connectivity index (χ3n) is 11.7. The van der Waals surface area contributed by atoms with Gasteiger partial charge in [-0.1, -0.05) is 39.8 Å². The number of carbonyl (C=O) groups is 2. The van der Waals surface area contributed by atoms with Crippen LogP contribution in [0.2, 0.25) is 0 Å². The predicted molar refractivity (Wildman–Crippen MR) is 152 cm³/mol. The molecule has 0 radical (unpaired) electrons. The second-order valence-corrected chi connectivity index (χ2v) is 13.5. The van der Waals surface area contributed by atoms with Crippen LogP contribution < -0.4 is 5.32 Å². The normalized spacial score (nSPS) is 42.2. The number of fused-ring (bicyclic) bond motifs is 3. The van der Waals surface area contributed by atoms with Gasteiger partial charge in [0.25, 0.3) is 0 Å². The van der Waals surface area contributed by atoms with Crippen LogP contribution in [-0.2, 0) is 19.0 Å². The molecule has 41 heavy (non-hydrogen) atoms. The second-order valence-electron chi connectivity index (χ2n) is 13.5. The zero-order valence-electron chi connectivity index (χ0n) is 25.0. The maximum atomic E-state index is 13.2. The molecular weight excluding hydrogens is 526 g/mol. The highest BCUT2D eigenvalue weighted by Gasteiger charge is 2.67. The van der Waals surface area contributed by atoms with E-state index < -0.39 is 35.5 Å². The number of nitrogens with one attached hydrogen (secondary N) is 1. The number of anilines is 1. The summed E-state index contributed by atoms with van der Waals surface area (Å²) in [6.45, 7) is 8.68. The molecule has 4 aliphatic rings. The highest BCUT2D eigenvalue weighted by atomic mass is 16.6. The number of cyclic esters (lactones) is 1. The Labute approximate surface area is 242 Å². The van der Waals surface area contributed by atoms with Crippen LogP contribution in [-0.4, -0.2) is 66.5 Å². The number of aliphatic hydroxyl groups excluding tert-OH is 3. The fourth-order valence-corrected chi connectivity index (χ4v) is 9.65. The molecule has 0 spiro atoms. The highest BCUT2D eigenvalue weighted by Crippen LogP contribution is 2.70. The van der Waals surface area contributed by atoms with E-state index in [0.717, 1.165) is 25.7 Å². The second kappa shape index (κ2) is 10.6. The first-order valence-corrected chi connectivity index (χ1v) is 14.8. The summed E-state index contributed by atoms with van der Waals surface area (Å²) in [5.74, 6) is -2.08. The number of hydrogen-bond donors (Lipinski definition) is 4. The number of rotatable bonds is 6. The summed E-state index contributed by atoms with van der Waals surface area (Å²) in [5.41, 5.74) is 0.101. The van der Waals surface area contributed by atoms with Gasteiger partial charge in [-0.3, -0.25) is 0 Å². The van der Waals surface area contributed by atoms with Crippen molar-refractivity contribution in [2.45, 2.75) is 78.3 Å². The Morgan fingerprint density at radius 3 is 2.41 bits per heavy atom. The zero-order chi connectivity index (χ0) is 29.9. The summed E-state index contributed by atoms with van der Waals surface area (Å²) in [5, 5.41) is 36.0. The summed E-state index contributed by atoms with van der Waals surface area (Å²) >= 11 is 0. The van der Waals surface area contributed by atoms with Gasteiger partial charge in [-0.05, 0) is 72.8 Å². The van der Waals surface area contributed by atoms with Crippen molar-refractivity contribution in [3.8, 4) is 0 Å².